The molecular formula is C12H23O. The second-order valence-electron chi connectivity index (χ2n) is 3.83. The zero-order valence-corrected chi connectivity index (χ0v) is 9.14. The van der Waals surface area contributed by atoms with Gasteiger partial charge in [-0.1, -0.05) is 58.8 Å². The fraction of sp³-hybridized carbons (Fsp3) is 0.917. The van der Waals surface area contributed by atoms with Gasteiger partial charge in [-0.2, -0.15) is 0 Å². The summed E-state index contributed by atoms with van der Waals surface area (Å²) in [6.45, 7) is 4.39. The summed E-state index contributed by atoms with van der Waals surface area (Å²) in [5.74, 6) is 0.596. The Morgan fingerprint density at radius 3 is 2.31 bits per heavy atom. The molecule has 0 saturated heterocycles. The highest BCUT2D eigenvalue weighted by Gasteiger charge is 2.04. The van der Waals surface area contributed by atoms with Gasteiger partial charge < -0.3 is 0 Å². The van der Waals surface area contributed by atoms with E-state index >= 15 is 0 Å². The summed E-state index contributed by atoms with van der Waals surface area (Å²) < 4.78 is 0. The van der Waals surface area contributed by atoms with E-state index in [0.717, 1.165) is 6.42 Å². The summed E-state index contributed by atoms with van der Waals surface area (Å²) >= 11 is 0. The van der Waals surface area contributed by atoms with Gasteiger partial charge in [0.1, 0.15) is 0 Å². The van der Waals surface area contributed by atoms with Crippen molar-refractivity contribution in [1.82, 2.24) is 0 Å². The van der Waals surface area contributed by atoms with E-state index in [-0.39, 0.29) is 0 Å². The molecule has 1 unspecified atom stereocenters. The summed E-state index contributed by atoms with van der Waals surface area (Å²) in [5.41, 5.74) is 0. The molecule has 1 atom stereocenters. The minimum atomic E-state index is 0.596. The smallest absolute Gasteiger partial charge is 0.198 e. The molecule has 0 N–H and O–H groups in total. The van der Waals surface area contributed by atoms with Crippen molar-refractivity contribution in [1.29, 1.82) is 0 Å². The van der Waals surface area contributed by atoms with Crippen LogP contribution in [0.25, 0.3) is 0 Å². The molecule has 1 radical (unpaired) electrons. The average Bonchev–Trinajstić information content (AvgIpc) is 2.16. The Morgan fingerprint density at radius 2 is 1.77 bits per heavy atom. The molecule has 0 fully saturated rings. The van der Waals surface area contributed by atoms with E-state index in [0.29, 0.717) is 12.3 Å². The van der Waals surface area contributed by atoms with Gasteiger partial charge in [0.15, 0.2) is 6.29 Å². The normalized spacial score (nSPS) is 12.8. The fourth-order valence-electron chi connectivity index (χ4n) is 1.60. The predicted molar refractivity (Wildman–Crippen MR) is 57.5 cm³/mol. The molecule has 0 aliphatic heterocycles. The molecule has 77 valence electrons. The van der Waals surface area contributed by atoms with Crippen LogP contribution in [0.5, 0.6) is 0 Å². The van der Waals surface area contributed by atoms with E-state index < -0.39 is 0 Å². The third-order valence-electron chi connectivity index (χ3n) is 2.67. The van der Waals surface area contributed by atoms with Gasteiger partial charge >= 0.3 is 0 Å². The minimum absolute atomic E-state index is 0.596. The van der Waals surface area contributed by atoms with E-state index in [9.17, 15) is 4.79 Å². The van der Waals surface area contributed by atoms with Crippen LogP contribution in [0.4, 0.5) is 0 Å². The van der Waals surface area contributed by atoms with Gasteiger partial charge in [0.05, 0.1) is 0 Å². The molecule has 0 bridgehead atoms. The molecule has 1 heteroatoms. The van der Waals surface area contributed by atoms with Crippen LogP contribution in [0.15, 0.2) is 0 Å². The lowest BCUT2D eigenvalue weighted by atomic mass is 9.95. The van der Waals surface area contributed by atoms with Gasteiger partial charge in [0.25, 0.3) is 0 Å². The maximum atomic E-state index is 10.2. The van der Waals surface area contributed by atoms with Crippen LogP contribution in [-0.2, 0) is 4.79 Å². The summed E-state index contributed by atoms with van der Waals surface area (Å²) in [6, 6.07) is 0. The number of unbranched alkanes of at least 4 members (excludes halogenated alkanes) is 4. The lowest BCUT2D eigenvalue weighted by Gasteiger charge is -2.09. The third kappa shape index (κ3) is 8.01. The number of carbonyl (C=O) groups excluding carboxylic acids is 1. The first-order valence-corrected chi connectivity index (χ1v) is 5.70. The van der Waals surface area contributed by atoms with Gasteiger partial charge in [-0.05, 0) is 5.92 Å². The average molecular weight is 183 g/mol. The highest BCUT2D eigenvalue weighted by molar-refractivity contribution is 5.50. The lowest BCUT2D eigenvalue weighted by Crippen LogP contribution is -1.99. The molecule has 0 aliphatic carbocycles. The summed E-state index contributed by atoms with van der Waals surface area (Å²) in [4.78, 5) is 10.2. The van der Waals surface area contributed by atoms with Crippen LogP contribution in [0, 0.1) is 5.92 Å². The lowest BCUT2D eigenvalue weighted by molar-refractivity contribution is 0.439. The molecule has 0 aromatic heterocycles. The van der Waals surface area contributed by atoms with Crippen LogP contribution < -0.4 is 0 Å². The molecule has 13 heavy (non-hydrogen) atoms. The zero-order valence-electron chi connectivity index (χ0n) is 9.14. The quantitative estimate of drug-likeness (QED) is 0.496. The molecule has 0 aromatic carbocycles. The zero-order chi connectivity index (χ0) is 9.94. The molecule has 0 aromatic rings. The van der Waals surface area contributed by atoms with Crippen LogP contribution >= 0.6 is 0 Å². The topological polar surface area (TPSA) is 17.1 Å². The van der Waals surface area contributed by atoms with Crippen LogP contribution in [0.1, 0.15) is 65.2 Å². The Labute approximate surface area is 82.9 Å². The standard InChI is InChI=1S/C12H23O/c1-3-5-6-7-8-9-12(4-2)10-11-13/h12H,3-10H2,1-2H3. The van der Waals surface area contributed by atoms with Gasteiger partial charge in [-0.3, -0.25) is 4.79 Å². The van der Waals surface area contributed by atoms with Gasteiger partial charge in [0.2, 0.25) is 0 Å². The Kier molecular flexibility index (Phi) is 9.51. The minimum Gasteiger partial charge on any atom is -0.291 e. The molecule has 0 aliphatic rings. The van der Waals surface area contributed by atoms with Crippen molar-refractivity contribution in [2.75, 3.05) is 0 Å². The van der Waals surface area contributed by atoms with Crippen molar-refractivity contribution < 1.29 is 4.79 Å². The molecule has 0 spiro atoms. The van der Waals surface area contributed by atoms with Crippen LogP contribution in [-0.4, -0.2) is 6.29 Å². The SMILES string of the molecule is CCCCCCCC(CC)C[C]=O. The predicted octanol–water partition coefficient (Wildman–Crippen LogP) is 3.87. The van der Waals surface area contributed by atoms with Gasteiger partial charge in [-0.15, -0.1) is 0 Å². The molecule has 0 amide bonds. The molecule has 0 rings (SSSR count). The number of hydrogen-bond acceptors (Lipinski definition) is 1. The Hall–Kier alpha value is -0.330. The maximum absolute atomic E-state index is 10.2. The highest BCUT2D eigenvalue weighted by atomic mass is 16.1. The van der Waals surface area contributed by atoms with Crippen molar-refractivity contribution >= 4 is 6.29 Å². The van der Waals surface area contributed by atoms with Crippen molar-refractivity contribution in [3.05, 3.63) is 0 Å². The summed E-state index contributed by atoms with van der Waals surface area (Å²) in [7, 11) is 0. The Bertz CT molecular complexity index is 110. The second-order valence-corrected chi connectivity index (χ2v) is 3.83. The summed E-state index contributed by atoms with van der Waals surface area (Å²) in [5, 5.41) is 0. The Morgan fingerprint density at radius 1 is 1.08 bits per heavy atom. The first kappa shape index (κ1) is 12.7. The van der Waals surface area contributed by atoms with Crippen LogP contribution in [0.3, 0.4) is 0 Å². The van der Waals surface area contributed by atoms with Crippen molar-refractivity contribution in [2.45, 2.75) is 65.2 Å². The molecule has 1 nitrogen and oxygen atoms in total. The summed E-state index contributed by atoms with van der Waals surface area (Å²) in [6.07, 6.45) is 11.7. The largest absolute Gasteiger partial charge is 0.291 e. The van der Waals surface area contributed by atoms with E-state index in [1.54, 1.807) is 0 Å². The van der Waals surface area contributed by atoms with Crippen molar-refractivity contribution in [3.8, 4) is 0 Å². The molecular weight excluding hydrogens is 160 g/mol. The third-order valence-corrected chi connectivity index (χ3v) is 2.67. The first-order valence-electron chi connectivity index (χ1n) is 5.70. The van der Waals surface area contributed by atoms with Gasteiger partial charge in [-0.25, -0.2) is 0 Å². The van der Waals surface area contributed by atoms with Crippen molar-refractivity contribution in [2.24, 2.45) is 5.92 Å². The number of hydrogen-bond donors (Lipinski definition) is 0. The Balaban J connectivity index is 3.22. The molecule has 0 heterocycles. The molecule has 0 saturated carbocycles. The number of rotatable bonds is 9. The van der Waals surface area contributed by atoms with Crippen molar-refractivity contribution in [3.63, 3.8) is 0 Å². The maximum Gasteiger partial charge on any atom is 0.198 e. The first-order chi connectivity index (χ1) is 6.35. The van der Waals surface area contributed by atoms with E-state index in [1.807, 2.05) is 6.29 Å². The van der Waals surface area contributed by atoms with E-state index in [4.69, 9.17) is 0 Å². The van der Waals surface area contributed by atoms with Crippen LogP contribution in [0.2, 0.25) is 0 Å². The van der Waals surface area contributed by atoms with E-state index in [1.165, 1.54) is 38.5 Å². The second kappa shape index (κ2) is 9.76. The highest BCUT2D eigenvalue weighted by Crippen LogP contribution is 2.16. The van der Waals surface area contributed by atoms with E-state index in [2.05, 4.69) is 13.8 Å². The fourth-order valence-corrected chi connectivity index (χ4v) is 1.60. The monoisotopic (exact) mass is 183 g/mol. The van der Waals surface area contributed by atoms with Gasteiger partial charge in [0, 0.05) is 6.42 Å².